The van der Waals surface area contributed by atoms with Gasteiger partial charge in [-0.2, -0.15) is 0 Å². The van der Waals surface area contributed by atoms with Crippen LogP contribution in [0.1, 0.15) is 51.7 Å². The number of nitrogens with zero attached hydrogens (tertiary/aromatic N) is 1. The van der Waals surface area contributed by atoms with Crippen LogP contribution in [0.15, 0.2) is 30.3 Å². The van der Waals surface area contributed by atoms with Gasteiger partial charge in [0, 0.05) is 6.54 Å². The molecule has 1 aliphatic rings. The Labute approximate surface area is 117 Å². The second-order valence-corrected chi connectivity index (χ2v) is 6.14. The van der Waals surface area contributed by atoms with Crippen molar-refractivity contribution in [3.05, 3.63) is 35.9 Å². The van der Waals surface area contributed by atoms with E-state index in [0.29, 0.717) is 0 Å². The van der Waals surface area contributed by atoms with Crippen LogP contribution in [0.4, 0.5) is 0 Å². The van der Waals surface area contributed by atoms with E-state index in [1.54, 1.807) is 0 Å². The van der Waals surface area contributed by atoms with E-state index in [1.807, 2.05) is 0 Å². The minimum atomic E-state index is -0.0553. The van der Waals surface area contributed by atoms with Gasteiger partial charge in [0.25, 0.3) is 0 Å². The summed E-state index contributed by atoms with van der Waals surface area (Å²) in [5.74, 6) is 0. The number of likely N-dealkylation sites (tertiary alicyclic amines) is 1. The van der Waals surface area contributed by atoms with Crippen LogP contribution in [0.3, 0.4) is 0 Å². The molecule has 1 saturated heterocycles. The van der Waals surface area contributed by atoms with E-state index in [0.717, 1.165) is 13.0 Å². The standard InChI is InChI=1S/C17H27NO/c1-4-17(2,3)19-16(14-18-12-8-9-13-18)15-10-6-5-7-11-15/h5-7,10-11,16H,4,8-9,12-14H2,1-3H3. The molecular weight excluding hydrogens is 234 g/mol. The third-order valence-electron chi connectivity index (χ3n) is 4.11. The third kappa shape index (κ3) is 4.32. The van der Waals surface area contributed by atoms with Gasteiger partial charge in [0.1, 0.15) is 0 Å². The molecule has 2 heteroatoms. The van der Waals surface area contributed by atoms with E-state index in [2.05, 4.69) is 56.0 Å². The molecule has 1 aliphatic heterocycles. The first-order valence-corrected chi connectivity index (χ1v) is 7.56. The number of hydrogen-bond donors (Lipinski definition) is 0. The van der Waals surface area contributed by atoms with Crippen molar-refractivity contribution in [1.82, 2.24) is 4.90 Å². The molecule has 1 aromatic carbocycles. The van der Waals surface area contributed by atoms with E-state index >= 15 is 0 Å². The van der Waals surface area contributed by atoms with Gasteiger partial charge in [0.15, 0.2) is 0 Å². The van der Waals surface area contributed by atoms with Crippen LogP contribution < -0.4 is 0 Å². The lowest BCUT2D eigenvalue weighted by molar-refractivity contribution is -0.0847. The SMILES string of the molecule is CCC(C)(C)OC(CN1CCCC1)c1ccccc1. The molecule has 1 heterocycles. The molecule has 0 N–H and O–H groups in total. The number of benzene rings is 1. The lowest BCUT2D eigenvalue weighted by Crippen LogP contribution is -2.33. The fourth-order valence-electron chi connectivity index (χ4n) is 2.55. The summed E-state index contributed by atoms with van der Waals surface area (Å²) in [6.45, 7) is 10.0. The Morgan fingerprint density at radius 1 is 1.16 bits per heavy atom. The molecule has 1 atom stereocenters. The minimum absolute atomic E-state index is 0.0553. The van der Waals surface area contributed by atoms with Crippen LogP contribution >= 0.6 is 0 Å². The lowest BCUT2D eigenvalue weighted by atomic mass is 10.0. The Bertz CT molecular complexity index is 368. The van der Waals surface area contributed by atoms with E-state index in [-0.39, 0.29) is 11.7 Å². The summed E-state index contributed by atoms with van der Waals surface area (Å²) >= 11 is 0. The monoisotopic (exact) mass is 261 g/mol. The van der Waals surface area contributed by atoms with Crippen LogP contribution in [0, 0.1) is 0 Å². The number of hydrogen-bond acceptors (Lipinski definition) is 2. The summed E-state index contributed by atoms with van der Waals surface area (Å²) in [6.07, 6.45) is 3.89. The molecule has 1 fully saturated rings. The van der Waals surface area contributed by atoms with Crippen molar-refractivity contribution < 1.29 is 4.74 Å². The summed E-state index contributed by atoms with van der Waals surface area (Å²) in [5, 5.41) is 0. The molecule has 0 aliphatic carbocycles. The lowest BCUT2D eigenvalue weighted by Gasteiger charge is -2.32. The summed E-state index contributed by atoms with van der Waals surface area (Å²) < 4.78 is 6.39. The van der Waals surface area contributed by atoms with Crippen molar-refractivity contribution in [2.24, 2.45) is 0 Å². The van der Waals surface area contributed by atoms with Crippen molar-refractivity contribution in [3.8, 4) is 0 Å². The van der Waals surface area contributed by atoms with E-state index in [9.17, 15) is 0 Å². The van der Waals surface area contributed by atoms with Gasteiger partial charge >= 0.3 is 0 Å². The van der Waals surface area contributed by atoms with Crippen LogP contribution in [-0.2, 0) is 4.74 Å². The summed E-state index contributed by atoms with van der Waals surface area (Å²) in [7, 11) is 0. The topological polar surface area (TPSA) is 12.5 Å². The van der Waals surface area contributed by atoms with Crippen molar-refractivity contribution in [2.75, 3.05) is 19.6 Å². The molecule has 0 spiro atoms. The molecule has 1 unspecified atom stereocenters. The first-order chi connectivity index (χ1) is 9.11. The molecule has 0 saturated carbocycles. The van der Waals surface area contributed by atoms with Crippen LogP contribution in [0.25, 0.3) is 0 Å². The average Bonchev–Trinajstić information content (AvgIpc) is 2.92. The number of ether oxygens (including phenoxy) is 1. The summed E-state index contributed by atoms with van der Waals surface area (Å²) in [4.78, 5) is 2.53. The molecule has 0 amide bonds. The van der Waals surface area contributed by atoms with E-state index in [1.165, 1.54) is 31.5 Å². The highest BCUT2D eigenvalue weighted by Gasteiger charge is 2.25. The van der Waals surface area contributed by atoms with Gasteiger partial charge in [-0.15, -0.1) is 0 Å². The second-order valence-electron chi connectivity index (χ2n) is 6.14. The first kappa shape index (κ1) is 14.5. The molecule has 0 bridgehead atoms. The van der Waals surface area contributed by atoms with Crippen LogP contribution in [0.5, 0.6) is 0 Å². The zero-order valence-electron chi connectivity index (χ0n) is 12.6. The zero-order valence-corrected chi connectivity index (χ0v) is 12.6. The maximum Gasteiger partial charge on any atom is 0.0958 e. The van der Waals surface area contributed by atoms with Gasteiger partial charge < -0.3 is 9.64 Å². The van der Waals surface area contributed by atoms with Crippen molar-refractivity contribution in [3.63, 3.8) is 0 Å². The Hall–Kier alpha value is -0.860. The number of rotatable bonds is 6. The fraction of sp³-hybridized carbons (Fsp3) is 0.647. The van der Waals surface area contributed by atoms with Crippen molar-refractivity contribution in [1.29, 1.82) is 0 Å². The van der Waals surface area contributed by atoms with Crippen LogP contribution in [-0.4, -0.2) is 30.1 Å². The predicted octanol–water partition coefficient (Wildman–Crippen LogP) is 4.03. The van der Waals surface area contributed by atoms with Crippen molar-refractivity contribution >= 4 is 0 Å². The largest absolute Gasteiger partial charge is 0.366 e. The third-order valence-corrected chi connectivity index (χ3v) is 4.11. The van der Waals surface area contributed by atoms with Crippen molar-refractivity contribution in [2.45, 2.75) is 51.7 Å². The maximum atomic E-state index is 6.39. The summed E-state index contributed by atoms with van der Waals surface area (Å²) in [6, 6.07) is 10.7. The highest BCUT2D eigenvalue weighted by molar-refractivity contribution is 5.18. The molecule has 2 rings (SSSR count). The van der Waals surface area contributed by atoms with Gasteiger partial charge in [-0.25, -0.2) is 0 Å². The molecule has 106 valence electrons. The smallest absolute Gasteiger partial charge is 0.0958 e. The van der Waals surface area contributed by atoms with Gasteiger partial charge in [0.2, 0.25) is 0 Å². The molecule has 0 aromatic heterocycles. The summed E-state index contributed by atoms with van der Waals surface area (Å²) in [5.41, 5.74) is 1.25. The Morgan fingerprint density at radius 3 is 2.37 bits per heavy atom. The van der Waals surface area contributed by atoms with E-state index in [4.69, 9.17) is 4.74 Å². The minimum Gasteiger partial charge on any atom is -0.366 e. The Balaban J connectivity index is 2.08. The van der Waals surface area contributed by atoms with Gasteiger partial charge in [-0.1, -0.05) is 37.3 Å². The maximum absolute atomic E-state index is 6.39. The zero-order chi connectivity index (χ0) is 13.7. The predicted molar refractivity (Wildman–Crippen MR) is 80.3 cm³/mol. The second kappa shape index (κ2) is 6.53. The quantitative estimate of drug-likeness (QED) is 0.766. The molecule has 0 radical (unpaired) electrons. The fourth-order valence-corrected chi connectivity index (χ4v) is 2.55. The molecular formula is C17H27NO. The normalized spacial score (nSPS) is 18.7. The van der Waals surface area contributed by atoms with Gasteiger partial charge in [-0.05, 0) is 51.8 Å². The van der Waals surface area contributed by atoms with Gasteiger partial charge in [-0.3, -0.25) is 0 Å². The molecule has 2 nitrogen and oxygen atoms in total. The van der Waals surface area contributed by atoms with E-state index < -0.39 is 0 Å². The van der Waals surface area contributed by atoms with Gasteiger partial charge in [0.05, 0.1) is 11.7 Å². The Kier molecular flexibility index (Phi) is 5.00. The highest BCUT2D eigenvalue weighted by atomic mass is 16.5. The first-order valence-electron chi connectivity index (χ1n) is 7.56. The molecule has 19 heavy (non-hydrogen) atoms. The van der Waals surface area contributed by atoms with Crippen LogP contribution in [0.2, 0.25) is 0 Å². The average molecular weight is 261 g/mol. The Morgan fingerprint density at radius 2 is 1.79 bits per heavy atom. The highest BCUT2D eigenvalue weighted by Crippen LogP contribution is 2.28. The molecule has 1 aromatic rings.